The quantitative estimate of drug-likeness (QED) is 0.469. The maximum Gasteiger partial charge on any atom is 0.336 e. The summed E-state index contributed by atoms with van der Waals surface area (Å²) in [5.41, 5.74) is 0. The molecule has 1 aromatic heterocycles. The Morgan fingerprint density at radius 1 is 1.21 bits per heavy atom. The molecule has 2 aromatic rings. The highest BCUT2D eigenvalue weighted by atomic mass is 16.6. The van der Waals surface area contributed by atoms with Crippen molar-refractivity contribution in [3.05, 3.63) is 54.5 Å². The van der Waals surface area contributed by atoms with Gasteiger partial charge in [0.05, 0.1) is 12.9 Å². The van der Waals surface area contributed by atoms with Gasteiger partial charge in [-0.05, 0) is 37.3 Å². The van der Waals surface area contributed by atoms with Crippen LogP contribution in [0.2, 0.25) is 0 Å². The van der Waals surface area contributed by atoms with Gasteiger partial charge in [0.15, 0.2) is 11.5 Å². The molecule has 1 aromatic carbocycles. The minimum Gasteiger partial charge on any atom is -0.490 e. The monoisotopic (exact) mass is 258 g/mol. The largest absolute Gasteiger partial charge is 0.490 e. The van der Waals surface area contributed by atoms with Crippen LogP contribution in [0.25, 0.3) is 6.08 Å². The lowest BCUT2D eigenvalue weighted by Crippen LogP contribution is -2.05. The zero-order chi connectivity index (χ0) is 13.5. The van der Waals surface area contributed by atoms with Crippen LogP contribution < -0.4 is 9.47 Å². The van der Waals surface area contributed by atoms with E-state index >= 15 is 0 Å². The van der Waals surface area contributed by atoms with Gasteiger partial charge in [-0.25, -0.2) is 4.79 Å². The van der Waals surface area contributed by atoms with Crippen molar-refractivity contribution in [1.29, 1.82) is 0 Å². The van der Waals surface area contributed by atoms with Crippen molar-refractivity contribution >= 4 is 12.0 Å². The fourth-order valence-electron chi connectivity index (χ4n) is 1.49. The Labute approximate surface area is 111 Å². The summed E-state index contributed by atoms with van der Waals surface area (Å²) < 4.78 is 15.6. The first-order valence-corrected chi connectivity index (χ1v) is 5.95. The molecule has 4 heteroatoms. The molecule has 0 unspecified atom stereocenters. The van der Waals surface area contributed by atoms with Gasteiger partial charge >= 0.3 is 5.97 Å². The molecule has 98 valence electrons. The van der Waals surface area contributed by atoms with E-state index in [4.69, 9.17) is 13.9 Å². The maximum atomic E-state index is 11.7. The van der Waals surface area contributed by atoms with E-state index in [1.807, 2.05) is 13.0 Å². The van der Waals surface area contributed by atoms with Gasteiger partial charge in [-0.15, -0.1) is 0 Å². The second-order valence-corrected chi connectivity index (χ2v) is 3.65. The minimum absolute atomic E-state index is 0.401. The number of para-hydroxylation sites is 2. The van der Waals surface area contributed by atoms with Crippen molar-refractivity contribution in [3.8, 4) is 11.5 Å². The highest BCUT2D eigenvalue weighted by Crippen LogP contribution is 2.26. The van der Waals surface area contributed by atoms with Gasteiger partial charge in [0.25, 0.3) is 0 Å². The number of hydrogen-bond acceptors (Lipinski definition) is 4. The first-order chi connectivity index (χ1) is 9.29. The Balaban J connectivity index is 2.02. The van der Waals surface area contributed by atoms with Crippen LogP contribution in [0.15, 0.2) is 53.2 Å². The second-order valence-electron chi connectivity index (χ2n) is 3.65. The zero-order valence-electron chi connectivity index (χ0n) is 10.5. The first-order valence-electron chi connectivity index (χ1n) is 5.95. The lowest BCUT2D eigenvalue weighted by atomic mass is 10.3. The molecule has 2 rings (SSSR count). The van der Waals surface area contributed by atoms with Crippen LogP contribution in [0.5, 0.6) is 11.5 Å². The molecule has 19 heavy (non-hydrogen) atoms. The van der Waals surface area contributed by atoms with Gasteiger partial charge in [-0.1, -0.05) is 12.1 Å². The molecule has 0 fully saturated rings. The molecule has 0 bridgehead atoms. The number of furan rings is 1. The van der Waals surface area contributed by atoms with Crippen molar-refractivity contribution in [1.82, 2.24) is 0 Å². The highest BCUT2D eigenvalue weighted by molar-refractivity contribution is 5.88. The van der Waals surface area contributed by atoms with Gasteiger partial charge in [-0.3, -0.25) is 0 Å². The fraction of sp³-hybridized carbons (Fsp3) is 0.133. The summed E-state index contributed by atoms with van der Waals surface area (Å²) in [4.78, 5) is 11.7. The molecule has 0 radical (unpaired) electrons. The minimum atomic E-state index is -0.483. The second kappa shape index (κ2) is 6.44. The predicted molar refractivity (Wildman–Crippen MR) is 71.0 cm³/mol. The van der Waals surface area contributed by atoms with Gasteiger partial charge in [-0.2, -0.15) is 0 Å². The third-order valence-corrected chi connectivity index (χ3v) is 2.29. The molecule has 0 atom stereocenters. The summed E-state index contributed by atoms with van der Waals surface area (Å²) in [5, 5.41) is 0. The number of rotatable bonds is 5. The maximum absolute atomic E-state index is 11.7. The standard InChI is InChI=1S/C15H14O4/c1-2-17-13-7-3-4-8-14(13)19-15(16)10-9-12-6-5-11-18-12/h3-11H,2H2,1H3/b10-9+. The number of hydrogen-bond donors (Lipinski definition) is 0. The third-order valence-electron chi connectivity index (χ3n) is 2.29. The van der Waals surface area contributed by atoms with Crippen LogP contribution in [0.3, 0.4) is 0 Å². The highest BCUT2D eigenvalue weighted by Gasteiger charge is 2.07. The molecular formula is C15H14O4. The molecule has 0 aliphatic rings. The number of benzene rings is 1. The zero-order valence-corrected chi connectivity index (χ0v) is 10.5. The van der Waals surface area contributed by atoms with Crippen LogP contribution in [-0.4, -0.2) is 12.6 Å². The Hall–Kier alpha value is -2.49. The Morgan fingerprint density at radius 3 is 2.68 bits per heavy atom. The van der Waals surface area contributed by atoms with E-state index in [1.54, 1.807) is 36.4 Å². The van der Waals surface area contributed by atoms with Gasteiger partial charge in [0, 0.05) is 6.08 Å². The van der Waals surface area contributed by atoms with Crippen molar-refractivity contribution in [2.75, 3.05) is 6.61 Å². The smallest absolute Gasteiger partial charge is 0.336 e. The van der Waals surface area contributed by atoms with E-state index in [-0.39, 0.29) is 0 Å². The first kappa shape index (κ1) is 13.0. The number of esters is 1. The lowest BCUT2D eigenvalue weighted by molar-refractivity contribution is -0.129. The van der Waals surface area contributed by atoms with Crippen LogP contribution in [0.4, 0.5) is 0 Å². The van der Waals surface area contributed by atoms with Crippen LogP contribution >= 0.6 is 0 Å². The molecule has 0 amide bonds. The predicted octanol–water partition coefficient (Wildman–Crippen LogP) is 3.30. The van der Waals surface area contributed by atoms with Gasteiger partial charge in [0.1, 0.15) is 5.76 Å². The molecule has 0 spiro atoms. The number of carbonyl (C=O) groups excluding carboxylic acids is 1. The van der Waals surface area contributed by atoms with E-state index < -0.39 is 5.97 Å². The molecule has 0 saturated heterocycles. The van der Waals surface area contributed by atoms with Crippen molar-refractivity contribution in [2.45, 2.75) is 6.92 Å². The molecule has 4 nitrogen and oxygen atoms in total. The van der Waals surface area contributed by atoms with Crippen LogP contribution in [0, 0.1) is 0 Å². The summed E-state index contributed by atoms with van der Waals surface area (Å²) in [7, 11) is 0. The Bertz CT molecular complexity index is 555. The molecular weight excluding hydrogens is 244 g/mol. The van der Waals surface area contributed by atoms with Gasteiger partial charge in [0.2, 0.25) is 0 Å². The lowest BCUT2D eigenvalue weighted by Gasteiger charge is -2.08. The van der Waals surface area contributed by atoms with Crippen LogP contribution in [-0.2, 0) is 4.79 Å². The molecule has 0 aliphatic heterocycles. The summed E-state index contributed by atoms with van der Waals surface area (Å²) in [5.74, 6) is 1.06. The van der Waals surface area contributed by atoms with E-state index in [1.165, 1.54) is 12.3 Å². The summed E-state index contributed by atoms with van der Waals surface area (Å²) >= 11 is 0. The molecule has 0 N–H and O–H groups in total. The number of carbonyl (C=O) groups is 1. The Kier molecular flexibility index (Phi) is 4.39. The van der Waals surface area contributed by atoms with E-state index in [9.17, 15) is 4.79 Å². The van der Waals surface area contributed by atoms with Crippen molar-refractivity contribution < 1.29 is 18.7 Å². The molecule has 1 heterocycles. The topological polar surface area (TPSA) is 48.7 Å². The summed E-state index contributed by atoms with van der Waals surface area (Å²) in [6.45, 7) is 2.38. The Morgan fingerprint density at radius 2 is 2.00 bits per heavy atom. The van der Waals surface area contributed by atoms with E-state index in [0.29, 0.717) is 23.9 Å². The summed E-state index contributed by atoms with van der Waals surface area (Å²) in [6, 6.07) is 10.5. The van der Waals surface area contributed by atoms with Crippen molar-refractivity contribution in [3.63, 3.8) is 0 Å². The van der Waals surface area contributed by atoms with Gasteiger partial charge < -0.3 is 13.9 Å². The molecule has 0 aliphatic carbocycles. The third kappa shape index (κ3) is 3.74. The normalized spacial score (nSPS) is 10.6. The SMILES string of the molecule is CCOc1ccccc1OC(=O)/C=C/c1ccco1. The van der Waals surface area contributed by atoms with E-state index in [2.05, 4.69) is 0 Å². The van der Waals surface area contributed by atoms with Crippen molar-refractivity contribution in [2.24, 2.45) is 0 Å². The molecule has 0 saturated carbocycles. The average molecular weight is 258 g/mol. The number of ether oxygens (including phenoxy) is 2. The fourth-order valence-corrected chi connectivity index (χ4v) is 1.49. The van der Waals surface area contributed by atoms with Crippen LogP contribution in [0.1, 0.15) is 12.7 Å². The average Bonchev–Trinajstić information content (AvgIpc) is 2.92. The van der Waals surface area contributed by atoms with E-state index in [0.717, 1.165) is 0 Å². The summed E-state index contributed by atoms with van der Waals surface area (Å²) in [6.07, 6.45) is 4.39.